The second-order valence-electron chi connectivity index (χ2n) is 2.43. The monoisotopic (exact) mass is 184 g/mol. The van der Waals surface area contributed by atoms with Crippen LogP contribution in [0.2, 0.25) is 0 Å². The minimum absolute atomic E-state index is 0.0663. The minimum Gasteiger partial charge on any atom is -0.511 e. The third-order valence-electron chi connectivity index (χ3n) is 1.47. The van der Waals surface area contributed by atoms with Crippen molar-refractivity contribution in [2.45, 2.75) is 27.2 Å². The molecule has 0 aliphatic heterocycles. The molecule has 0 amide bonds. The molecule has 0 aromatic rings. The quantitative estimate of drug-likeness (QED) is 0.316. The molecule has 0 radical (unpaired) electrons. The summed E-state index contributed by atoms with van der Waals surface area (Å²) in [7, 11) is 0. The standard InChI is InChI=1S/C10H16O3/c1-4-7-8(9(11)5-2)10(12)13-6-3/h4,7,11H,5-6H2,1-3H3/b7-4-,9-8-. The third-order valence-corrected chi connectivity index (χ3v) is 1.47. The predicted octanol–water partition coefficient (Wildman–Crippen LogP) is 2.35. The van der Waals surface area contributed by atoms with Gasteiger partial charge in [0.1, 0.15) is 5.76 Å². The normalized spacial score (nSPS) is 12.8. The maximum Gasteiger partial charge on any atom is 0.341 e. The van der Waals surface area contributed by atoms with Crippen molar-refractivity contribution < 1.29 is 14.6 Å². The van der Waals surface area contributed by atoms with Crippen molar-refractivity contribution in [3.63, 3.8) is 0 Å². The van der Waals surface area contributed by atoms with Crippen LogP contribution in [0.4, 0.5) is 0 Å². The van der Waals surface area contributed by atoms with E-state index in [4.69, 9.17) is 4.74 Å². The lowest BCUT2D eigenvalue weighted by Crippen LogP contribution is -2.08. The molecule has 0 spiro atoms. The van der Waals surface area contributed by atoms with E-state index in [2.05, 4.69) is 0 Å². The van der Waals surface area contributed by atoms with Gasteiger partial charge in [-0.2, -0.15) is 0 Å². The molecule has 0 saturated carbocycles. The molecule has 1 N–H and O–H groups in total. The van der Waals surface area contributed by atoms with Gasteiger partial charge in [-0.25, -0.2) is 4.79 Å². The molecule has 0 aromatic carbocycles. The summed E-state index contributed by atoms with van der Waals surface area (Å²) < 4.78 is 4.77. The zero-order chi connectivity index (χ0) is 10.3. The van der Waals surface area contributed by atoms with Gasteiger partial charge in [0.15, 0.2) is 0 Å². The molecule has 0 fully saturated rings. The van der Waals surface area contributed by atoms with Gasteiger partial charge >= 0.3 is 5.97 Å². The topological polar surface area (TPSA) is 46.5 Å². The Morgan fingerprint density at radius 3 is 2.46 bits per heavy atom. The van der Waals surface area contributed by atoms with Gasteiger partial charge in [-0.05, 0) is 19.9 Å². The molecule has 3 heteroatoms. The van der Waals surface area contributed by atoms with Crippen molar-refractivity contribution in [1.82, 2.24) is 0 Å². The van der Waals surface area contributed by atoms with E-state index < -0.39 is 5.97 Å². The Morgan fingerprint density at radius 1 is 1.46 bits per heavy atom. The second-order valence-corrected chi connectivity index (χ2v) is 2.43. The van der Waals surface area contributed by atoms with Gasteiger partial charge in [-0.15, -0.1) is 0 Å². The van der Waals surface area contributed by atoms with E-state index in [9.17, 15) is 9.90 Å². The van der Waals surface area contributed by atoms with Crippen LogP contribution >= 0.6 is 0 Å². The lowest BCUT2D eigenvalue weighted by Gasteiger charge is -2.04. The van der Waals surface area contributed by atoms with E-state index in [0.29, 0.717) is 13.0 Å². The highest BCUT2D eigenvalue weighted by atomic mass is 16.5. The van der Waals surface area contributed by atoms with Gasteiger partial charge in [0.2, 0.25) is 0 Å². The van der Waals surface area contributed by atoms with Crippen LogP contribution in [0, 0.1) is 0 Å². The fraction of sp³-hybridized carbons (Fsp3) is 0.500. The Hall–Kier alpha value is -1.25. The maximum atomic E-state index is 11.2. The Morgan fingerprint density at radius 2 is 2.08 bits per heavy atom. The van der Waals surface area contributed by atoms with Crippen LogP contribution in [0.15, 0.2) is 23.5 Å². The van der Waals surface area contributed by atoms with Crippen LogP contribution < -0.4 is 0 Å². The molecule has 13 heavy (non-hydrogen) atoms. The van der Waals surface area contributed by atoms with Crippen molar-refractivity contribution >= 4 is 5.97 Å². The first-order valence-electron chi connectivity index (χ1n) is 4.39. The number of allylic oxidation sites excluding steroid dienone is 2. The first-order chi connectivity index (χ1) is 6.17. The van der Waals surface area contributed by atoms with Gasteiger partial charge in [-0.1, -0.05) is 13.0 Å². The summed E-state index contributed by atoms with van der Waals surface area (Å²) in [6, 6.07) is 0. The van der Waals surface area contributed by atoms with Crippen molar-refractivity contribution in [2.75, 3.05) is 6.61 Å². The minimum atomic E-state index is -0.472. The average Bonchev–Trinajstić information content (AvgIpc) is 2.13. The summed E-state index contributed by atoms with van der Waals surface area (Å²) in [6.45, 7) is 5.60. The van der Waals surface area contributed by atoms with E-state index in [-0.39, 0.29) is 11.3 Å². The molecular weight excluding hydrogens is 168 g/mol. The molecule has 0 unspecified atom stereocenters. The number of hydrogen-bond acceptors (Lipinski definition) is 3. The van der Waals surface area contributed by atoms with E-state index in [0.717, 1.165) is 0 Å². The molecule has 0 saturated heterocycles. The summed E-state index contributed by atoms with van der Waals surface area (Å²) in [4.78, 5) is 11.2. The number of ether oxygens (including phenoxy) is 1. The highest BCUT2D eigenvalue weighted by molar-refractivity contribution is 5.92. The van der Waals surface area contributed by atoms with Crippen LogP contribution in [0.3, 0.4) is 0 Å². The third kappa shape index (κ3) is 3.78. The smallest absolute Gasteiger partial charge is 0.341 e. The van der Waals surface area contributed by atoms with Crippen LogP contribution in [0.25, 0.3) is 0 Å². The Balaban J connectivity index is 4.70. The molecule has 74 valence electrons. The van der Waals surface area contributed by atoms with Gasteiger partial charge < -0.3 is 9.84 Å². The lowest BCUT2D eigenvalue weighted by molar-refractivity contribution is -0.138. The largest absolute Gasteiger partial charge is 0.511 e. The first kappa shape index (κ1) is 11.8. The molecule has 0 aliphatic rings. The number of hydrogen-bond donors (Lipinski definition) is 1. The van der Waals surface area contributed by atoms with Crippen LogP contribution in [-0.4, -0.2) is 17.7 Å². The molecule has 3 nitrogen and oxygen atoms in total. The highest BCUT2D eigenvalue weighted by Crippen LogP contribution is 2.09. The SMILES string of the molecule is C/C=C\C(C(=O)OCC)=C(\O)CC. The number of carbonyl (C=O) groups excluding carboxylic acids is 1. The Labute approximate surface area is 78.7 Å². The van der Waals surface area contributed by atoms with Gasteiger partial charge in [-0.3, -0.25) is 0 Å². The summed E-state index contributed by atoms with van der Waals surface area (Å²) in [6.07, 6.45) is 3.67. The first-order valence-corrected chi connectivity index (χ1v) is 4.39. The van der Waals surface area contributed by atoms with Gasteiger partial charge in [0.05, 0.1) is 12.2 Å². The van der Waals surface area contributed by atoms with E-state index in [1.807, 2.05) is 0 Å². The molecule has 0 aromatic heterocycles. The Bertz CT molecular complexity index is 226. The number of aliphatic hydroxyl groups is 1. The van der Waals surface area contributed by atoms with E-state index in [1.54, 1.807) is 32.9 Å². The zero-order valence-electron chi connectivity index (χ0n) is 8.33. The van der Waals surface area contributed by atoms with Gasteiger partial charge in [0.25, 0.3) is 0 Å². The highest BCUT2D eigenvalue weighted by Gasteiger charge is 2.11. The van der Waals surface area contributed by atoms with Crippen molar-refractivity contribution in [3.8, 4) is 0 Å². The lowest BCUT2D eigenvalue weighted by atomic mass is 10.2. The summed E-state index contributed by atoms with van der Waals surface area (Å²) >= 11 is 0. The number of aliphatic hydroxyl groups excluding tert-OH is 1. The second kappa shape index (κ2) is 6.29. The summed E-state index contributed by atoms with van der Waals surface area (Å²) in [5.41, 5.74) is 0.242. The molecule has 0 rings (SSSR count). The van der Waals surface area contributed by atoms with Gasteiger partial charge in [0, 0.05) is 6.42 Å². The number of carbonyl (C=O) groups is 1. The molecule has 0 heterocycles. The molecule has 0 bridgehead atoms. The van der Waals surface area contributed by atoms with Crippen LogP contribution in [-0.2, 0) is 9.53 Å². The zero-order valence-corrected chi connectivity index (χ0v) is 8.33. The number of rotatable bonds is 4. The Kier molecular flexibility index (Phi) is 5.68. The average molecular weight is 184 g/mol. The van der Waals surface area contributed by atoms with E-state index >= 15 is 0 Å². The van der Waals surface area contributed by atoms with Crippen LogP contribution in [0.1, 0.15) is 27.2 Å². The summed E-state index contributed by atoms with van der Waals surface area (Å²) in [5, 5.41) is 9.37. The van der Waals surface area contributed by atoms with Crippen molar-refractivity contribution in [1.29, 1.82) is 0 Å². The fourth-order valence-electron chi connectivity index (χ4n) is 0.848. The molecular formula is C10H16O3. The molecule has 0 aliphatic carbocycles. The van der Waals surface area contributed by atoms with Crippen molar-refractivity contribution in [2.24, 2.45) is 0 Å². The molecule has 0 atom stereocenters. The maximum absolute atomic E-state index is 11.2. The predicted molar refractivity (Wildman–Crippen MR) is 51.4 cm³/mol. The summed E-state index contributed by atoms with van der Waals surface area (Å²) in [5.74, 6) is -0.406. The van der Waals surface area contributed by atoms with Crippen molar-refractivity contribution in [3.05, 3.63) is 23.5 Å². The fourth-order valence-corrected chi connectivity index (χ4v) is 0.848. The van der Waals surface area contributed by atoms with Crippen LogP contribution in [0.5, 0.6) is 0 Å². The van der Waals surface area contributed by atoms with E-state index in [1.165, 1.54) is 0 Å². The number of esters is 1.